The Kier molecular flexibility index (Phi) is 3.28. The molecule has 1 aliphatic rings. The highest BCUT2D eigenvalue weighted by molar-refractivity contribution is 7.99. The predicted molar refractivity (Wildman–Crippen MR) is 59.7 cm³/mol. The van der Waals surface area contributed by atoms with Crippen molar-refractivity contribution in [3.63, 3.8) is 0 Å². The topological polar surface area (TPSA) is 38.3 Å². The second-order valence-electron chi connectivity index (χ2n) is 3.30. The van der Waals surface area contributed by atoms with Gasteiger partial charge in [0, 0.05) is 10.6 Å². The first kappa shape index (κ1) is 10.5. The van der Waals surface area contributed by atoms with Crippen LogP contribution in [0.15, 0.2) is 29.2 Å². The molecule has 0 bridgehead atoms. The number of thioether (sulfide) groups is 1. The van der Waals surface area contributed by atoms with Crippen LogP contribution in [0.1, 0.15) is 18.4 Å². The smallest absolute Gasteiger partial charge is 0.251 e. The Morgan fingerprint density at radius 1 is 1.60 bits per heavy atom. The first-order valence-corrected chi connectivity index (χ1v) is 5.95. The van der Waals surface area contributed by atoms with Crippen LogP contribution < -0.4 is 5.48 Å². The molecular formula is C11H13NO2S. The van der Waals surface area contributed by atoms with Crippen LogP contribution in [0.2, 0.25) is 0 Å². The number of carbonyl (C=O) groups is 1. The van der Waals surface area contributed by atoms with Gasteiger partial charge in [0.25, 0.3) is 5.91 Å². The van der Waals surface area contributed by atoms with Crippen molar-refractivity contribution in [3.8, 4) is 0 Å². The average Bonchev–Trinajstić information content (AvgIpc) is 2.69. The minimum Gasteiger partial charge on any atom is -0.274 e. The molecule has 1 aliphatic heterocycles. The molecule has 0 radical (unpaired) electrons. The van der Waals surface area contributed by atoms with Crippen molar-refractivity contribution in [1.29, 1.82) is 0 Å². The molecule has 0 spiro atoms. The molecule has 2 rings (SSSR count). The number of carbonyl (C=O) groups excluding carboxylic acids is 1. The monoisotopic (exact) mass is 223 g/mol. The van der Waals surface area contributed by atoms with Gasteiger partial charge in [0.1, 0.15) is 0 Å². The molecule has 1 aromatic carbocycles. The molecule has 0 aliphatic carbocycles. The molecule has 4 heteroatoms. The molecule has 1 atom stereocenters. The minimum absolute atomic E-state index is 0.0469. The van der Waals surface area contributed by atoms with Gasteiger partial charge in [-0.05, 0) is 18.6 Å². The first-order valence-electron chi connectivity index (χ1n) is 4.96. The highest BCUT2D eigenvalue weighted by atomic mass is 32.2. The fourth-order valence-electron chi connectivity index (χ4n) is 1.59. The zero-order valence-corrected chi connectivity index (χ0v) is 9.34. The summed E-state index contributed by atoms with van der Waals surface area (Å²) >= 11 is 1.72. The van der Waals surface area contributed by atoms with Crippen molar-refractivity contribution in [2.24, 2.45) is 0 Å². The largest absolute Gasteiger partial charge is 0.274 e. The Bertz CT molecular complexity index is 367. The zero-order valence-electron chi connectivity index (χ0n) is 8.53. The van der Waals surface area contributed by atoms with Crippen LogP contribution in [0, 0.1) is 0 Å². The number of amides is 1. The van der Waals surface area contributed by atoms with E-state index in [4.69, 9.17) is 4.84 Å². The first-order chi connectivity index (χ1) is 7.33. The summed E-state index contributed by atoms with van der Waals surface area (Å²) in [6.07, 6.45) is 0. The summed E-state index contributed by atoms with van der Waals surface area (Å²) in [5, 5.41) is 0. The fourth-order valence-corrected chi connectivity index (χ4v) is 2.82. The summed E-state index contributed by atoms with van der Waals surface area (Å²) in [5.41, 5.74) is 3.57. The van der Waals surface area contributed by atoms with Crippen LogP contribution in [-0.2, 0) is 9.63 Å². The number of hydroxylamine groups is 1. The number of nitrogens with one attached hydrogen (secondary N) is 1. The molecule has 3 nitrogen and oxygen atoms in total. The molecule has 80 valence electrons. The van der Waals surface area contributed by atoms with Crippen LogP contribution in [-0.4, -0.2) is 18.3 Å². The van der Waals surface area contributed by atoms with Crippen LogP contribution in [0.5, 0.6) is 0 Å². The van der Waals surface area contributed by atoms with E-state index < -0.39 is 0 Å². The standard InChI is InChI=1S/C11H13NO2S/c1-2-14-12-11(13)9-7-15-10-6-4-3-5-8(9)10/h3-6,9H,2,7H2,1H3,(H,12,13). The SMILES string of the molecule is CCONC(=O)C1CSc2ccccc21. The van der Waals surface area contributed by atoms with E-state index in [-0.39, 0.29) is 11.8 Å². The summed E-state index contributed by atoms with van der Waals surface area (Å²) in [5.74, 6) is 0.685. The fraction of sp³-hybridized carbons (Fsp3) is 0.364. The number of fused-ring (bicyclic) bond motifs is 1. The van der Waals surface area contributed by atoms with Crippen LogP contribution >= 0.6 is 11.8 Å². The summed E-state index contributed by atoms with van der Waals surface area (Å²) < 4.78 is 0. The second kappa shape index (κ2) is 4.68. The number of hydrogen-bond donors (Lipinski definition) is 1. The lowest BCUT2D eigenvalue weighted by Crippen LogP contribution is -2.29. The van der Waals surface area contributed by atoms with Gasteiger partial charge in [0.2, 0.25) is 0 Å². The van der Waals surface area contributed by atoms with Gasteiger partial charge in [0.15, 0.2) is 0 Å². The Labute approximate surface area is 93.2 Å². The van der Waals surface area contributed by atoms with Gasteiger partial charge in [0.05, 0.1) is 12.5 Å². The van der Waals surface area contributed by atoms with Crippen LogP contribution in [0.4, 0.5) is 0 Å². The Morgan fingerprint density at radius 3 is 3.20 bits per heavy atom. The second-order valence-corrected chi connectivity index (χ2v) is 4.36. The lowest BCUT2D eigenvalue weighted by molar-refractivity contribution is -0.134. The predicted octanol–water partition coefficient (Wildman–Crippen LogP) is 1.94. The molecule has 15 heavy (non-hydrogen) atoms. The van der Waals surface area contributed by atoms with Crippen molar-refractivity contribution in [2.45, 2.75) is 17.7 Å². The summed E-state index contributed by atoms with van der Waals surface area (Å²) in [6.45, 7) is 2.34. The maximum atomic E-state index is 11.7. The van der Waals surface area contributed by atoms with E-state index in [1.165, 1.54) is 4.90 Å². The van der Waals surface area contributed by atoms with E-state index in [0.717, 1.165) is 11.3 Å². The lowest BCUT2D eigenvalue weighted by atomic mass is 10.0. The van der Waals surface area contributed by atoms with E-state index in [2.05, 4.69) is 5.48 Å². The van der Waals surface area contributed by atoms with E-state index >= 15 is 0 Å². The number of benzene rings is 1. The Hall–Kier alpha value is -1.00. The van der Waals surface area contributed by atoms with Crippen molar-refractivity contribution in [1.82, 2.24) is 5.48 Å². The van der Waals surface area contributed by atoms with Gasteiger partial charge in [-0.3, -0.25) is 9.63 Å². The van der Waals surface area contributed by atoms with Crippen LogP contribution in [0.3, 0.4) is 0 Å². The molecule has 0 fully saturated rings. The van der Waals surface area contributed by atoms with Gasteiger partial charge < -0.3 is 0 Å². The molecule has 1 N–H and O–H groups in total. The van der Waals surface area contributed by atoms with E-state index in [0.29, 0.717) is 6.61 Å². The van der Waals surface area contributed by atoms with Crippen molar-refractivity contribution in [2.75, 3.05) is 12.4 Å². The Morgan fingerprint density at radius 2 is 2.40 bits per heavy atom. The van der Waals surface area contributed by atoms with Crippen LogP contribution in [0.25, 0.3) is 0 Å². The van der Waals surface area contributed by atoms with Gasteiger partial charge in [-0.1, -0.05) is 18.2 Å². The molecule has 1 amide bonds. The molecule has 1 aromatic rings. The third-order valence-corrected chi connectivity index (χ3v) is 3.52. The average molecular weight is 223 g/mol. The van der Waals surface area contributed by atoms with Gasteiger partial charge in [-0.15, -0.1) is 11.8 Å². The van der Waals surface area contributed by atoms with E-state index in [9.17, 15) is 4.79 Å². The molecular weight excluding hydrogens is 210 g/mol. The van der Waals surface area contributed by atoms with Crippen molar-refractivity contribution >= 4 is 17.7 Å². The van der Waals surface area contributed by atoms with Crippen molar-refractivity contribution < 1.29 is 9.63 Å². The zero-order chi connectivity index (χ0) is 10.7. The van der Waals surface area contributed by atoms with E-state index in [1.54, 1.807) is 11.8 Å². The van der Waals surface area contributed by atoms with Gasteiger partial charge >= 0.3 is 0 Å². The van der Waals surface area contributed by atoms with Gasteiger partial charge in [-0.25, -0.2) is 5.48 Å². The summed E-state index contributed by atoms with van der Waals surface area (Å²) in [6, 6.07) is 8.01. The molecule has 1 heterocycles. The van der Waals surface area contributed by atoms with Crippen molar-refractivity contribution in [3.05, 3.63) is 29.8 Å². The minimum atomic E-state index is -0.0715. The van der Waals surface area contributed by atoms with E-state index in [1.807, 2.05) is 31.2 Å². The number of hydrogen-bond acceptors (Lipinski definition) is 3. The summed E-state index contributed by atoms with van der Waals surface area (Å²) in [4.78, 5) is 17.8. The Balaban J connectivity index is 2.10. The molecule has 0 aromatic heterocycles. The quantitative estimate of drug-likeness (QED) is 0.796. The third-order valence-electron chi connectivity index (χ3n) is 2.33. The molecule has 0 saturated carbocycles. The normalized spacial score (nSPS) is 18.6. The summed E-state index contributed by atoms with van der Waals surface area (Å²) in [7, 11) is 0. The molecule has 0 saturated heterocycles. The maximum absolute atomic E-state index is 11.7. The molecule has 1 unspecified atom stereocenters. The lowest BCUT2D eigenvalue weighted by Gasteiger charge is -2.10. The van der Waals surface area contributed by atoms with Gasteiger partial charge in [-0.2, -0.15) is 0 Å². The maximum Gasteiger partial charge on any atom is 0.251 e. The third kappa shape index (κ3) is 2.16. The highest BCUT2D eigenvalue weighted by Gasteiger charge is 2.28. The highest BCUT2D eigenvalue weighted by Crippen LogP contribution is 2.39. The number of rotatable bonds is 3.